The molecule has 1 atom stereocenters. The van der Waals surface area contributed by atoms with Crippen molar-refractivity contribution < 1.29 is 14.3 Å². The van der Waals surface area contributed by atoms with Gasteiger partial charge in [-0.1, -0.05) is 6.92 Å². The molecule has 0 aliphatic carbocycles. The highest BCUT2D eigenvalue weighted by Crippen LogP contribution is 2.26. The van der Waals surface area contributed by atoms with Crippen molar-refractivity contribution in [2.24, 2.45) is 0 Å². The number of nitrogens with zero attached hydrogens (tertiary/aromatic N) is 3. The molecule has 1 unspecified atom stereocenters. The highest BCUT2D eigenvalue weighted by Gasteiger charge is 2.26. The van der Waals surface area contributed by atoms with Gasteiger partial charge in [0.1, 0.15) is 18.0 Å². The van der Waals surface area contributed by atoms with E-state index in [0.29, 0.717) is 31.6 Å². The molecule has 0 fully saturated rings. The summed E-state index contributed by atoms with van der Waals surface area (Å²) in [5.74, 6) is 1.49. The van der Waals surface area contributed by atoms with E-state index in [0.717, 1.165) is 17.8 Å². The van der Waals surface area contributed by atoms with Gasteiger partial charge in [0.25, 0.3) is 0 Å². The van der Waals surface area contributed by atoms with E-state index in [4.69, 9.17) is 9.47 Å². The summed E-state index contributed by atoms with van der Waals surface area (Å²) in [6.45, 7) is 11.3. The summed E-state index contributed by atoms with van der Waals surface area (Å²) in [5, 5.41) is 0. The topological polar surface area (TPSA) is 54.9 Å². The molecule has 0 spiro atoms. The van der Waals surface area contributed by atoms with E-state index in [1.54, 1.807) is 4.90 Å². The number of fused-ring (bicyclic) bond motifs is 1. The van der Waals surface area contributed by atoms with Gasteiger partial charge in [-0.25, -0.2) is 4.79 Å². The summed E-state index contributed by atoms with van der Waals surface area (Å²) in [6.07, 6.45) is 0.725. The number of hydrogen-bond acceptors (Lipinski definition) is 5. The van der Waals surface area contributed by atoms with Crippen molar-refractivity contribution in [3.8, 4) is 5.88 Å². The first-order chi connectivity index (χ1) is 11.2. The Balaban J connectivity index is 2.16. The number of aromatic nitrogens is 1. The van der Waals surface area contributed by atoms with E-state index in [9.17, 15) is 4.79 Å². The highest BCUT2D eigenvalue weighted by atomic mass is 16.6. The van der Waals surface area contributed by atoms with Gasteiger partial charge in [-0.3, -0.25) is 0 Å². The lowest BCUT2D eigenvalue weighted by molar-refractivity contribution is 0.0225. The Morgan fingerprint density at radius 3 is 2.79 bits per heavy atom. The zero-order chi connectivity index (χ0) is 17.9. The predicted molar refractivity (Wildman–Crippen MR) is 94.5 cm³/mol. The van der Waals surface area contributed by atoms with Crippen LogP contribution in [-0.4, -0.2) is 47.8 Å². The first kappa shape index (κ1) is 18.4. The number of rotatable bonds is 3. The van der Waals surface area contributed by atoms with Gasteiger partial charge in [-0.05, 0) is 46.2 Å². The third kappa shape index (κ3) is 4.52. The Morgan fingerprint density at radius 1 is 1.46 bits per heavy atom. The first-order valence-corrected chi connectivity index (χ1v) is 8.54. The molecule has 0 saturated heterocycles. The molecule has 1 aliphatic heterocycles. The minimum absolute atomic E-state index is 0.320. The van der Waals surface area contributed by atoms with Gasteiger partial charge >= 0.3 is 6.09 Å². The lowest BCUT2D eigenvalue weighted by Crippen LogP contribution is -2.37. The number of pyridine rings is 1. The smallest absolute Gasteiger partial charge is 0.410 e. The Kier molecular flexibility index (Phi) is 5.57. The van der Waals surface area contributed by atoms with Gasteiger partial charge in [0.2, 0.25) is 5.88 Å². The molecule has 24 heavy (non-hydrogen) atoms. The molecule has 0 aromatic carbocycles. The monoisotopic (exact) mass is 335 g/mol. The van der Waals surface area contributed by atoms with Gasteiger partial charge in [0.15, 0.2) is 0 Å². The Labute approximate surface area is 144 Å². The van der Waals surface area contributed by atoms with Gasteiger partial charge in [0, 0.05) is 18.7 Å². The van der Waals surface area contributed by atoms with Crippen LogP contribution in [0.5, 0.6) is 5.88 Å². The van der Waals surface area contributed by atoms with Crippen molar-refractivity contribution in [1.82, 2.24) is 9.88 Å². The lowest BCUT2D eigenvalue weighted by atomic mass is 10.2. The number of carbonyl (C=O) groups excluding carboxylic acids is 1. The highest BCUT2D eigenvalue weighted by molar-refractivity contribution is 5.68. The number of amides is 1. The maximum Gasteiger partial charge on any atom is 0.410 e. The molecule has 1 aromatic heterocycles. The molecule has 1 aliphatic rings. The van der Waals surface area contributed by atoms with Crippen molar-refractivity contribution in [3.05, 3.63) is 17.7 Å². The van der Waals surface area contributed by atoms with E-state index < -0.39 is 5.60 Å². The molecule has 1 aromatic rings. The molecule has 0 radical (unpaired) electrons. The Bertz CT molecular complexity index is 583. The average molecular weight is 335 g/mol. The minimum Gasteiger partial charge on any atom is -0.475 e. The molecule has 6 heteroatoms. The summed E-state index contributed by atoms with van der Waals surface area (Å²) >= 11 is 0. The number of carbonyl (C=O) groups is 1. The summed E-state index contributed by atoms with van der Waals surface area (Å²) in [7, 11) is 2.03. The fraction of sp³-hybridized carbons (Fsp3) is 0.667. The summed E-state index contributed by atoms with van der Waals surface area (Å²) in [4.78, 5) is 20.7. The van der Waals surface area contributed by atoms with Crippen molar-refractivity contribution in [1.29, 1.82) is 0 Å². The van der Waals surface area contributed by atoms with Crippen LogP contribution in [0.25, 0.3) is 0 Å². The van der Waals surface area contributed by atoms with Crippen LogP contribution in [0.3, 0.4) is 0 Å². The molecule has 134 valence electrons. The fourth-order valence-corrected chi connectivity index (χ4v) is 2.42. The van der Waals surface area contributed by atoms with Crippen molar-refractivity contribution in [3.63, 3.8) is 0 Å². The fourth-order valence-electron chi connectivity index (χ4n) is 2.42. The zero-order valence-electron chi connectivity index (χ0n) is 15.6. The quantitative estimate of drug-likeness (QED) is 0.847. The van der Waals surface area contributed by atoms with E-state index >= 15 is 0 Å². The van der Waals surface area contributed by atoms with Crippen LogP contribution in [0.2, 0.25) is 0 Å². The Morgan fingerprint density at radius 2 is 2.17 bits per heavy atom. The van der Waals surface area contributed by atoms with Crippen LogP contribution in [0.1, 0.15) is 46.6 Å². The lowest BCUT2D eigenvalue weighted by Gasteiger charge is -2.26. The van der Waals surface area contributed by atoms with Crippen molar-refractivity contribution in [2.75, 3.05) is 25.1 Å². The second-order valence-electron chi connectivity index (χ2n) is 7.25. The normalized spacial score (nSPS) is 15.8. The second kappa shape index (κ2) is 7.28. The molecule has 0 saturated carbocycles. The van der Waals surface area contributed by atoms with Crippen LogP contribution < -0.4 is 9.64 Å². The third-order valence-corrected chi connectivity index (χ3v) is 4.15. The number of ether oxygens (including phenoxy) is 2. The molecular weight excluding hydrogens is 306 g/mol. The first-order valence-electron chi connectivity index (χ1n) is 8.54. The van der Waals surface area contributed by atoms with Crippen LogP contribution in [0.4, 0.5) is 10.6 Å². The summed E-state index contributed by atoms with van der Waals surface area (Å²) in [5.41, 5.74) is 0.397. The molecule has 0 N–H and O–H groups in total. The predicted octanol–water partition coefficient (Wildman–Crippen LogP) is 3.45. The molecule has 2 heterocycles. The SMILES string of the molecule is CCC(C)N(C)c1ccc2c(n1)OCCN(C(=O)OC(C)(C)C)C2. The van der Waals surface area contributed by atoms with Crippen molar-refractivity contribution in [2.45, 2.75) is 59.2 Å². The van der Waals surface area contributed by atoms with E-state index in [2.05, 4.69) is 23.7 Å². The largest absolute Gasteiger partial charge is 0.475 e. The summed E-state index contributed by atoms with van der Waals surface area (Å²) < 4.78 is 11.2. The molecular formula is C18H29N3O3. The van der Waals surface area contributed by atoms with E-state index in [1.807, 2.05) is 40.0 Å². The van der Waals surface area contributed by atoms with Gasteiger partial charge in [0.05, 0.1) is 13.1 Å². The minimum atomic E-state index is -0.506. The van der Waals surface area contributed by atoms with Gasteiger partial charge in [-0.15, -0.1) is 0 Å². The maximum atomic E-state index is 12.3. The van der Waals surface area contributed by atoms with Crippen LogP contribution in [0.15, 0.2) is 12.1 Å². The zero-order valence-corrected chi connectivity index (χ0v) is 15.6. The molecule has 6 nitrogen and oxygen atoms in total. The standard InChI is InChI=1S/C18H29N3O3/c1-7-13(2)20(6)15-9-8-14-12-21(10-11-23-16(14)19-15)17(22)24-18(3,4)5/h8-9,13H,7,10-12H2,1-6H3. The molecule has 1 amide bonds. The Hall–Kier alpha value is -1.98. The van der Waals surface area contributed by atoms with E-state index in [1.165, 1.54) is 0 Å². The third-order valence-electron chi connectivity index (χ3n) is 4.15. The number of anilines is 1. The second-order valence-corrected chi connectivity index (χ2v) is 7.25. The van der Waals surface area contributed by atoms with Crippen LogP contribution in [0, 0.1) is 0 Å². The van der Waals surface area contributed by atoms with Crippen LogP contribution >= 0.6 is 0 Å². The number of hydrogen-bond donors (Lipinski definition) is 0. The van der Waals surface area contributed by atoms with Gasteiger partial charge in [-0.2, -0.15) is 4.98 Å². The van der Waals surface area contributed by atoms with Crippen LogP contribution in [-0.2, 0) is 11.3 Å². The molecule has 0 bridgehead atoms. The maximum absolute atomic E-state index is 12.3. The van der Waals surface area contributed by atoms with Gasteiger partial charge < -0.3 is 19.3 Å². The summed E-state index contributed by atoms with van der Waals surface area (Å²) in [6, 6.07) is 4.37. The average Bonchev–Trinajstić information content (AvgIpc) is 2.73. The van der Waals surface area contributed by atoms with E-state index in [-0.39, 0.29) is 6.09 Å². The molecule has 2 rings (SSSR count). The van der Waals surface area contributed by atoms with Crippen molar-refractivity contribution >= 4 is 11.9 Å².